The molecule has 4 aromatic rings. The van der Waals surface area contributed by atoms with Crippen LogP contribution >= 0.6 is 23.4 Å². The van der Waals surface area contributed by atoms with Gasteiger partial charge in [0.2, 0.25) is 11.1 Å². The van der Waals surface area contributed by atoms with Gasteiger partial charge in [0.25, 0.3) is 5.78 Å². The minimum Gasteiger partial charge on any atom is -0.325 e. The number of aryl methyl sites for hydroxylation is 5. The Hall–Kier alpha value is -2.90. The van der Waals surface area contributed by atoms with Crippen molar-refractivity contribution in [3.63, 3.8) is 0 Å². The highest BCUT2D eigenvalue weighted by atomic mass is 35.5. The number of carbonyl (C=O) groups excluding carboxylic acids is 1. The first-order valence-corrected chi connectivity index (χ1v) is 12.1. The smallest absolute Gasteiger partial charge is 0.253 e. The van der Waals surface area contributed by atoms with Crippen LogP contribution < -0.4 is 5.32 Å². The SMILES string of the molecule is Cc1ccc(C)c(Cc2c(C)nc3nc(SCC(=O)Nc4ccc(C)c(Cl)c4)nn3c2C)c1. The van der Waals surface area contributed by atoms with E-state index in [0.29, 0.717) is 21.6 Å². The average molecular weight is 480 g/mol. The van der Waals surface area contributed by atoms with E-state index in [4.69, 9.17) is 11.6 Å². The zero-order chi connectivity index (χ0) is 23.7. The quantitative estimate of drug-likeness (QED) is 0.362. The third-order valence-electron chi connectivity index (χ3n) is 5.69. The van der Waals surface area contributed by atoms with Gasteiger partial charge in [0.15, 0.2) is 0 Å². The van der Waals surface area contributed by atoms with Crippen LogP contribution in [0.5, 0.6) is 0 Å². The number of rotatable bonds is 6. The van der Waals surface area contributed by atoms with Crippen LogP contribution in [-0.4, -0.2) is 31.2 Å². The first kappa shape index (κ1) is 23.3. The Labute approximate surface area is 202 Å². The van der Waals surface area contributed by atoms with Crippen molar-refractivity contribution in [2.75, 3.05) is 11.1 Å². The number of fused-ring (bicyclic) bond motifs is 1. The molecule has 6 nitrogen and oxygen atoms in total. The van der Waals surface area contributed by atoms with Gasteiger partial charge in [-0.2, -0.15) is 4.98 Å². The lowest BCUT2D eigenvalue weighted by atomic mass is 9.97. The summed E-state index contributed by atoms with van der Waals surface area (Å²) in [7, 11) is 0. The monoisotopic (exact) mass is 479 g/mol. The van der Waals surface area contributed by atoms with Crippen molar-refractivity contribution in [2.45, 2.75) is 46.2 Å². The van der Waals surface area contributed by atoms with Crippen molar-refractivity contribution in [2.24, 2.45) is 0 Å². The fraction of sp³-hybridized carbons (Fsp3) is 0.280. The van der Waals surface area contributed by atoms with Gasteiger partial charge in [-0.1, -0.05) is 53.2 Å². The minimum atomic E-state index is -0.143. The molecule has 0 spiro atoms. The first-order valence-electron chi connectivity index (χ1n) is 10.7. The minimum absolute atomic E-state index is 0.143. The van der Waals surface area contributed by atoms with Crippen LogP contribution in [0.1, 0.15) is 39.2 Å². The summed E-state index contributed by atoms with van der Waals surface area (Å²) in [5.74, 6) is 0.591. The highest BCUT2D eigenvalue weighted by Gasteiger charge is 2.16. The number of anilines is 1. The molecule has 0 unspecified atom stereocenters. The number of benzene rings is 2. The maximum absolute atomic E-state index is 12.4. The molecule has 170 valence electrons. The Morgan fingerprint density at radius 3 is 2.55 bits per heavy atom. The van der Waals surface area contributed by atoms with E-state index in [9.17, 15) is 4.79 Å². The van der Waals surface area contributed by atoms with Crippen LogP contribution in [0, 0.1) is 34.6 Å². The maximum Gasteiger partial charge on any atom is 0.253 e. The predicted molar refractivity (Wildman–Crippen MR) is 135 cm³/mol. The molecule has 0 aliphatic heterocycles. The van der Waals surface area contributed by atoms with Crippen LogP contribution in [0.3, 0.4) is 0 Å². The van der Waals surface area contributed by atoms with Crippen molar-refractivity contribution in [1.29, 1.82) is 0 Å². The van der Waals surface area contributed by atoms with E-state index < -0.39 is 0 Å². The molecule has 8 heteroatoms. The van der Waals surface area contributed by atoms with Gasteiger partial charge >= 0.3 is 0 Å². The number of thioether (sulfide) groups is 1. The fourth-order valence-corrected chi connectivity index (χ4v) is 4.48. The first-order chi connectivity index (χ1) is 15.7. The molecule has 0 atom stereocenters. The number of amides is 1. The molecule has 0 fully saturated rings. The lowest BCUT2D eigenvalue weighted by Gasteiger charge is -2.12. The van der Waals surface area contributed by atoms with Gasteiger partial charge < -0.3 is 5.32 Å². The van der Waals surface area contributed by atoms with Crippen molar-refractivity contribution in [3.8, 4) is 0 Å². The molecule has 33 heavy (non-hydrogen) atoms. The lowest BCUT2D eigenvalue weighted by Crippen LogP contribution is -2.14. The molecule has 2 aromatic heterocycles. The fourth-order valence-electron chi connectivity index (χ4n) is 3.69. The summed E-state index contributed by atoms with van der Waals surface area (Å²) in [6.07, 6.45) is 0.790. The van der Waals surface area contributed by atoms with Gasteiger partial charge in [-0.25, -0.2) is 9.50 Å². The molecule has 0 saturated carbocycles. The Kier molecular flexibility index (Phi) is 6.72. The van der Waals surface area contributed by atoms with Crippen molar-refractivity contribution < 1.29 is 4.79 Å². The van der Waals surface area contributed by atoms with E-state index in [1.807, 2.05) is 32.9 Å². The van der Waals surface area contributed by atoms with Gasteiger partial charge in [0, 0.05) is 28.5 Å². The topological polar surface area (TPSA) is 72.2 Å². The number of halogens is 1. The van der Waals surface area contributed by atoms with E-state index in [1.165, 1.54) is 28.5 Å². The number of hydrogen-bond acceptors (Lipinski definition) is 5. The van der Waals surface area contributed by atoms with E-state index in [0.717, 1.165) is 28.9 Å². The average Bonchev–Trinajstić information content (AvgIpc) is 3.17. The summed E-state index contributed by atoms with van der Waals surface area (Å²) in [5.41, 5.74) is 8.52. The normalized spacial score (nSPS) is 11.2. The maximum atomic E-state index is 12.4. The van der Waals surface area contributed by atoms with E-state index in [2.05, 4.69) is 52.4 Å². The molecule has 0 saturated heterocycles. The second-order valence-corrected chi connectivity index (χ2v) is 9.62. The number of nitrogens with one attached hydrogen (secondary N) is 1. The summed E-state index contributed by atoms with van der Waals surface area (Å²) in [4.78, 5) is 21.6. The summed E-state index contributed by atoms with van der Waals surface area (Å²) < 4.78 is 1.77. The molecule has 1 amide bonds. The van der Waals surface area contributed by atoms with Crippen LogP contribution in [0.25, 0.3) is 5.78 Å². The largest absolute Gasteiger partial charge is 0.325 e. The molecule has 4 rings (SSSR count). The molecule has 0 aliphatic rings. The van der Waals surface area contributed by atoms with E-state index >= 15 is 0 Å². The summed E-state index contributed by atoms with van der Waals surface area (Å²) >= 11 is 7.42. The van der Waals surface area contributed by atoms with Crippen LogP contribution in [0.15, 0.2) is 41.6 Å². The Morgan fingerprint density at radius 2 is 1.79 bits per heavy atom. The van der Waals surface area contributed by atoms with Gasteiger partial charge in [-0.05, 0) is 69.0 Å². The highest BCUT2D eigenvalue weighted by Crippen LogP contribution is 2.23. The van der Waals surface area contributed by atoms with Crippen LogP contribution in [0.2, 0.25) is 5.02 Å². The lowest BCUT2D eigenvalue weighted by molar-refractivity contribution is -0.113. The molecule has 0 aliphatic carbocycles. The molecular formula is C25H26ClN5OS. The summed E-state index contributed by atoms with van der Waals surface area (Å²) in [6, 6.07) is 12.0. The number of nitrogens with zero attached hydrogens (tertiary/aromatic N) is 4. The van der Waals surface area contributed by atoms with Gasteiger partial charge in [0.05, 0.1) is 5.75 Å². The molecule has 1 N–H and O–H groups in total. The zero-order valence-electron chi connectivity index (χ0n) is 19.4. The Balaban J connectivity index is 1.50. The second kappa shape index (κ2) is 9.53. The van der Waals surface area contributed by atoms with Crippen LogP contribution in [0.4, 0.5) is 5.69 Å². The molecule has 0 bridgehead atoms. The summed E-state index contributed by atoms with van der Waals surface area (Å²) in [5, 5.41) is 8.60. The Bertz CT molecular complexity index is 1360. The predicted octanol–water partition coefficient (Wildman–Crippen LogP) is 5.64. The standard InChI is InChI=1S/C25H26ClN5OS/c1-14-6-7-15(2)19(10-14)11-21-17(4)27-24-29-25(30-31(24)18(21)5)33-13-23(32)28-20-9-8-16(3)22(26)12-20/h6-10,12H,11,13H2,1-5H3,(H,28,32). The van der Waals surface area contributed by atoms with Crippen molar-refractivity contribution in [1.82, 2.24) is 19.6 Å². The van der Waals surface area contributed by atoms with E-state index in [1.54, 1.807) is 10.6 Å². The molecule has 2 heterocycles. The zero-order valence-corrected chi connectivity index (χ0v) is 20.9. The second-order valence-electron chi connectivity index (χ2n) is 8.27. The molecule has 2 aromatic carbocycles. The third kappa shape index (κ3) is 5.20. The number of aromatic nitrogens is 4. The van der Waals surface area contributed by atoms with Crippen molar-refractivity contribution >= 4 is 40.7 Å². The molecular weight excluding hydrogens is 454 g/mol. The highest BCUT2D eigenvalue weighted by molar-refractivity contribution is 7.99. The van der Waals surface area contributed by atoms with Crippen LogP contribution in [-0.2, 0) is 11.2 Å². The Morgan fingerprint density at radius 1 is 1.03 bits per heavy atom. The van der Waals surface area contributed by atoms with Crippen molar-refractivity contribution in [3.05, 3.63) is 80.6 Å². The third-order valence-corrected chi connectivity index (χ3v) is 6.93. The number of hydrogen-bond donors (Lipinski definition) is 1. The van der Waals surface area contributed by atoms with E-state index in [-0.39, 0.29) is 11.7 Å². The van der Waals surface area contributed by atoms with Gasteiger partial charge in [-0.3, -0.25) is 4.79 Å². The summed E-state index contributed by atoms with van der Waals surface area (Å²) in [6.45, 7) is 10.2. The van der Waals surface area contributed by atoms with Gasteiger partial charge in [-0.15, -0.1) is 5.10 Å². The molecule has 0 radical (unpaired) electrons. The number of carbonyl (C=O) groups is 1. The van der Waals surface area contributed by atoms with Gasteiger partial charge in [0.1, 0.15) is 0 Å².